The van der Waals surface area contributed by atoms with Crippen LogP contribution in [0.15, 0.2) is 77.7 Å². The molecule has 0 bridgehead atoms. The van der Waals surface area contributed by atoms with Crippen molar-refractivity contribution in [3.8, 4) is 0 Å². The van der Waals surface area contributed by atoms with Crippen LogP contribution in [0.25, 0.3) is 0 Å². The smallest absolute Gasteiger partial charge is 0.274 e. The van der Waals surface area contributed by atoms with Gasteiger partial charge in [0, 0.05) is 18.7 Å². The Bertz CT molecular complexity index is 1200. The van der Waals surface area contributed by atoms with Gasteiger partial charge in [-0.2, -0.15) is 4.31 Å². The normalized spacial score (nSPS) is 12.1. The van der Waals surface area contributed by atoms with Crippen LogP contribution in [0.1, 0.15) is 53.4 Å². The van der Waals surface area contributed by atoms with E-state index in [4.69, 9.17) is 5.21 Å². The number of benzene rings is 3. The van der Waals surface area contributed by atoms with Crippen molar-refractivity contribution in [2.45, 2.75) is 51.1 Å². The fraction of sp³-hybridized carbons (Fsp3) is 0.269. The minimum Gasteiger partial charge on any atom is -0.288 e. The number of hydrogen-bond acceptors (Lipinski definition) is 4. The minimum absolute atomic E-state index is 0.0769. The van der Waals surface area contributed by atoms with E-state index >= 15 is 0 Å². The van der Waals surface area contributed by atoms with Gasteiger partial charge < -0.3 is 0 Å². The van der Waals surface area contributed by atoms with Gasteiger partial charge in [-0.05, 0) is 53.3 Å². The molecule has 3 aromatic carbocycles. The standard InChI is InChI=1S/C26H30N2O4S/c1-19-5-7-20(8-6-19)17-28(18-21-9-11-22(12-10-21)25(29)27-30)33(31,32)24-15-13-23(14-16-24)26(2,3)4/h5-16,30H,17-18H2,1-4H3,(H,27,29). The van der Waals surface area contributed by atoms with Crippen molar-refractivity contribution in [3.05, 3.63) is 101 Å². The highest BCUT2D eigenvalue weighted by Crippen LogP contribution is 2.26. The molecule has 0 aliphatic rings. The molecule has 0 spiro atoms. The minimum atomic E-state index is -3.79. The first-order valence-corrected chi connectivity index (χ1v) is 12.1. The Hall–Kier alpha value is -3.00. The molecule has 33 heavy (non-hydrogen) atoms. The maximum absolute atomic E-state index is 13.6. The molecule has 0 fully saturated rings. The number of hydrogen-bond donors (Lipinski definition) is 2. The second kappa shape index (κ2) is 9.87. The largest absolute Gasteiger partial charge is 0.288 e. The Kier molecular flexibility index (Phi) is 7.37. The highest BCUT2D eigenvalue weighted by atomic mass is 32.2. The predicted octanol–water partition coefficient (Wildman–Crippen LogP) is 4.80. The molecule has 174 valence electrons. The lowest BCUT2D eigenvalue weighted by molar-refractivity contribution is 0.0706. The average Bonchev–Trinajstić information content (AvgIpc) is 2.79. The summed E-state index contributed by atoms with van der Waals surface area (Å²) < 4.78 is 28.7. The molecule has 0 aliphatic carbocycles. The fourth-order valence-electron chi connectivity index (χ4n) is 3.43. The van der Waals surface area contributed by atoms with E-state index in [1.165, 1.54) is 4.31 Å². The van der Waals surface area contributed by atoms with E-state index in [9.17, 15) is 13.2 Å². The van der Waals surface area contributed by atoms with Crippen molar-refractivity contribution in [2.75, 3.05) is 0 Å². The molecular formula is C26H30N2O4S. The Balaban J connectivity index is 1.95. The fourth-order valence-corrected chi connectivity index (χ4v) is 4.84. The Morgan fingerprint density at radius 3 is 1.79 bits per heavy atom. The maximum atomic E-state index is 13.6. The van der Waals surface area contributed by atoms with Gasteiger partial charge in [0.05, 0.1) is 4.90 Å². The highest BCUT2D eigenvalue weighted by Gasteiger charge is 2.26. The predicted molar refractivity (Wildman–Crippen MR) is 128 cm³/mol. The highest BCUT2D eigenvalue weighted by molar-refractivity contribution is 7.89. The second-order valence-electron chi connectivity index (χ2n) is 9.17. The number of carbonyl (C=O) groups excluding carboxylic acids is 1. The first kappa shape index (κ1) is 24.6. The lowest BCUT2D eigenvalue weighted by Gasteiger charge is -2.24. The summed E-state index contributed by atoms with van der Waals surface area (Å²) in [5.74, 6) is -0.621. The lowest BCUT2D eigenvalue weighted by Crippen LogP contribution is -2.30. The zero-order valence-electron chi connectivity index (χ0n) is 19.4. The number of sulfonamides is 1. The Labute approximate surface area is 195 Å². The molecule has 0 atom stereocenters. The third-order valence-electron chi connectivity index (χ3n) is 5.51. The van der Waals surface area contributed by atoms with E-state index in [-0.39, 0.29) is 29.0 Å². The van der Waals surface area contributed by atoms with E-state index in [0.29, 0.717) is 0 Å². The van der Waals surface area contributed by atoms with Crippen LogP contribution in [0.3, 0.4) is 0 Å². The summed E-state index contributed by atoms with van der Waals surface area (Å²) in [4.78, 5) is 11.8. The van der Waals surface area contributed by atoms with Gasteiger partial charge >= 0.3 is 0 Å². The molecule has 0 aromatic heterocycles. The van der Waals surface area contributed by atoms with Crippen molar-refractivity contribution in [2.24, 2.45) is 0 Å². The molecule has 0 saturated carbocycles. The summed E-state index contributed by atoms with van der Waals surface area (Å²) in [6.45, 7) is 8.59. The molecule has 2 N–H and O–H groups in total. The van der Waals surface area contributed by atoms with Crippen molar-refractivity contribution in [3.63, 3.8) is 0 Å². The molecule has 0 heterocycles. The summed E-state index contributed by atoms with van der Waals surface area (Å²) in [5.41, 5.74) is 5.57. The number of carbonyl (C=O) groups is 1. The van der Waals surface area contributed by atoms with Crippen LogP contribution in [-0.2, 0) is 28.5 Å². The Morgan fingerprint density at radius 1 is 0.848 bits per heavy atom. The SMILES string of the molecule is Cc1ccc(CN(Cc2ccc(C(=O)NO)cc2)S(=O)(=O)c2ccc(C(C)(C)C)cc2)cc1. The summed E-state index contributed by atoms with van der Waals surface area (Å²) in [7, 11) is -3.79. The Morgan fingerprint density at radius 2 is 1.33 bits per heavy atom. The lowest BCUT2D eigenvalue weighted by atomic mass is 9.87. The van der Waals surface area contributed by atoms with Crippen LogP contribution >= 0.6 is 0 Å². The molecule has 1 amide bonds. The van der Waals surface area contributed by atoms with Crippen molar-refractivity contribution in [1.82, 2.24) is 9.79 Å². The van der Waals surface area contributed by atoms with E-state index < -0.39 is 15.9 Å². The summed E-state index contributed by atoms with van der Waals surface area (Å²) in [6, 6.07) is 21.3. The van der Waals surface area contributed by atoms with Crippen molar-refractivity contribution < 1.29 is 18.4 Å². The molecular weight excluding hydrogens is 436 g/mol. The average molecular weight is 467 g/mol. The van der Waals surface area contributed by atoms with Gasteiger partial charge in [0.25, 0.3) is 5.91 Å². The number of rotatable bonds is 7. The van der Waals surface area contributed by atoms with Crippen LogP contribution in [-0.4, -0.2) is 23.8 Å². The van der Waals surface area contributed by atoms with Crippen LogP contribution < -0.4 is 5.48 Å². The number of amides is 1. The van der Waals surface area contributed by atoms with Crippen LogP contribution in [0.2, 0.25) is 0 Å². The van der Waals surface area contributed by atoms with Gasteiger partial charge in [-0.1, -0.05) is 74.9 Å². The summed E-state index contributed by atoms with van der Waals surface area (Å²) in [6.07, 6.45) is 0. The molecule has 7 heteroatoms. The molecule has 3 aromatic rings. The third-order valence-corrected chi connectivity index (χ3v) is 7.32. The van der Waals surface area contributed by atoms with Crippen molar-refractivity contribution in [1.29, 1.82) is 0 Å². The van der Waals surface area contributed by atoms with Gasteiger partial charge in [-0.3, -0.25) is 10.0 Å². The summed E-state index contributed by atoms with van der Waals surface area (Å²) >= 11 is 0. The first-order valence-electron chi connectivity index (χ1n) is 10.7. The molecule has 3 rings (SSSR count). The zero-order chi connectivity index (χ0) is 24.2. The zero-order valence-corrected chi connectivity index (χ0v) is 20.2. The van der Waals surface area contributed by atoms with Crippen LogP contribution in [0.5, 0.6) is 0 Å². The van der Waals surface area contributed by atoms with Crippen LogP contribution in [0.4, 0.5) is 0 Å². The van der Waals surface area contributed by atoms with Gasteiger partial charge in [0.2, 0.25) is 10.0 Å². The molecule has 6 nitrogen and oxygen atoms in total. The molecule has 0 saturated heterocycles. The van der Waals surface area contributed by atoms with Crippen molar-refractivity contribution >= 4 is 15.9 Å². The first-order chi connectivity index (χ1) is 15.5. The second-order valence-corrected chi connectivity index (χ2v) is 11.1. The summed E-state index contributed by atoms with van der Waals surface area (Å²) in [5, 5.41) is 8.80. The van der Waals surface area contributed by atoms with E-state index in [1.807, 2.05) is 43.3 Å². The van der Waals surface area contributed by atoms with E-state index in [2.05, 4.69) is 20.8 Å². The number of nitrogens with zero attached hydrogens (tertiary/aromatic N) is 1. The van der Waals surface area contributed by atoms with Gasteiger partial charge in [-0.15, -0.1) is 0 Å². The number of nitrogens with one attached hydrogen (secondary N) is 1. The maximum Gasteiger partial charge on any atom is 0.274 e. The van der Waals surface area contributed by atoms with Gasteiger partial charge in [0.15, 0.2) is 0 Å². The topological polar surface area (TPSA) is 86.7 Å². The third kappa shape index (κ3) is 6.07. The van der Waals surface area contributed by atoms with Gasteiger partial charge in [-0.25, -0.2) is 13.9 Å². The quantitative estimate of drug-likeness (QED) is 0.387. The van der Waals surface area contributed by atoms with E-state index in [1.54, 1.807) is 41.9 Å². The molecule has 0 radical (unpaired) electrons. The monoisotopic (exact) mass is 466 g/mol. The number of hydroxylamine groups is 1. The van der Waals surface area contributed by atoms with Gasteiger partial charge in [0.1, 0.15) is 0 Å². The number of aryl methyl sites for hydroxylation is 1. The molecule has 0 aliphatic heterocycles. The molecule has 0 unspecified atom stereocenters. The van der Waals surface area contributed by atoms with E-state index in [0.717, 1.165) is 22.3 Å². The van der Waals surface area contributed by atoms with Crippen LogP contribution in [0, 0.1) is 6.92 Å².